The molecule has 20 heavy (non-hydrogen) atoms. The quantitative estimate of drug-likeness (QED) is 0.894. The highest BCUT2D eigenvalue weighted by molar-refractivity contribution is 9.10. The Morgan fingerprint density at radius 1 is 1.50 bits per heavy atom. The van der Waals surface area contributed by atoms with Crippen LogP contribution in [0.5, 0.6) is 5.75 Å². The van der Waals surface area contributed by atoms with Crippen LogP contribution < -0.4 is 4.74 Å². The number of carbonyl (C=O) groups is 1. The molecule has 1 amide bonds. The number of hydrogen-bond donors (Lipinski definition) is 1. The molecule has 5 heteroatoms. The minimum Gasteiger partial charge on any atom is -0.493 e. The number of amides is 1. The van der Waals surface area contributed by atoms with Crippen molar-refractivity contribution in [2.45, 2.75) is 25.9 Å². The molecule has 0 aromatic heterocycles. The maximum Gasteiger partial charge on any atom is 0.226 e. The predicted octanol–water partition coefficient (Wildman–Crippen LogP) is 2.45. The zero-order chi connectivity index (χ0) is 14.5. The van der Waals surface area contributed by atoms with E-state index in [-0.39, 0.29) is 17.9 Å². The maximum absolute atomic E-state index is 12.0. The van der Waals surface area contributed by atoms with Crippen LogP contribution in [0.15, 0.2) is 28.7 Å². The van der Waals surface area contributed by atoms with E-state index in [9.17, 15) is 9.90 Å². The van der Waals surface area contributed by atoms with E-state index >= 15 is 0 Å². The maximum atomic E-state index is 12.0. The molecule has 0 spiro atoms. The second-order valence-electron chi connectivity index (χ2n) is 5.18. The lowest BCUT2D eigenvalue weighted by molar-refractivity contribution is -0.130. The summed E-state index contributed by atoms with van der Waals surface area (Å²) >= 11 is 3.36. The first kappa shape index (κ1) is 15.3. The summed E-state index contributed by atoms with van der Waals surface area (Å²) < 4.78 is 6.55. The van der Waals surface area contributed by atoms with Gasteiger partial charge in [-0.15, -0.1) is 0 Å². The van der Waals surface area contributed by atoms with Crippen LogP contribution in [0.1, 0.15) is 19.8 Å². The van der Waals surface area contributed by atoms with E-state index in [0.29, 0.717) is 19.6 Å². The first-order valence-electron chi connectivity index (χ1n) is 6.90. The van der Waals surface area contributed by atoms with Crippen LogP contribution in [0.25, 0.3) is 0 Å². The Morgan fingerprint density at radius 3 is 2.80 bits per heavy atom. The van der Waals surface area contributed by atoms with Crippen LogP contribution in [0.3, 0.4) is 0 Å². The van der Waals surface area contributed by atoms with Gasteiger partial charge in [0, 0.05) is 23.5 Å². The highest BCUT2D eigenvalue weighted by atomic mass is 79.9. The monoisotopic (exact) mass is 341 g/mol. The number of nitrogens with zero attached hydrogens (tertiary/aromatic N) is 1. The van der Waals surface area contributed by atoms with Crippen LogP contribution in [-0.2, 0) is 4.79 Å². The zero-order valence-electron chi connectivity index (χ0n) is 11.6. The molecule has 2 atom stereocenters. The van der Waals surface area contributed by atoms with Gasteiger partial charge in [-0.3, -0.25) is 4.79 Å². The van der Waals surface area contributed by atoms with E-state index in [1.54, 1.807) is 6.92 Å². The molecule has 1 heterocycles. The molecule has 1 aliphatic heterocycles. The fourth-order valence-corrected chi connectivity index (χ4v) is 2.62. The molecule has 1 aromatic rings. The molecule has 2 rings (SSSR count). The standard InChI is InChI=1S/C15H20BrNO3/c1-11(18)12-6-8-17(10-12)15(19)7-9-20-14-4-2-13(16)3-5-14/h2-5,11-12,18H,6-10H2,1H3. The van der Waals surface area contributed by atoms with Gasteiger partial charge in [-0.1, -0.05) is 15.9 Å². The largest absolute Gasteiger partial charge is 0.493 e. The molecule has 0 aliphatic carbocycles. The third-order valence-corrected chi connectivity index (χ3v) is 4.19. The second-order valence-corrected chi connectivity index (χ2v) is 6.10. The number of aliphatic hydroxyl groups is 1. The fraction of sp³-hybridized carbons (Fsp3) is 0.533. The third-order valence-electron chi connectivity index (χ3n) is 3.66. The summed E-state index contributed by atoms with van der Waals surface area (Å²) in [6.07, 6.45) is 0.923. The van der Waals surface area contributed by atoms with Crippen molar-refractivity contribution in [2.24, 2.45) is 5.92 Å². The van der Waals surface area contributed by atoms with E-state index in [1.807, 2.05) is 29.2 Å². The van der Waals surface area contributed by atoms with Crippen LogP contribution in [0, 0.1) is 5.92 Å². The Bertz CT molecular complexity index is 447. The first-order valence-corrected chi connectivity index (χ1v) is 7.70. The molecule has 1 N–H and O–H groups in total. The molecule has 0 radical (unpaired) electrons. The van der Waals surface area contributed by atoms with Gasteiger partial charge in [0.25, 0.3) is 0 Å². The van der Waals surface area contributed by atoms with Gasteiger partial charge >= 0.3 is 0 Å². The summed E-state index contributed by atoms with van der Waals surface area (Å²) in [5.74, 6) is 1.08. The van der Waals surface area contributed by atoms with Crippen molar-refractivity contribution in [3.63, 3.8) is 0 Å². The van der Waals surface area contributed by atoms with Crippen molar-refractivity contribution in [2.75, 3.05) is 19.7 Å². The molecule has 1 aromatic carbocycles. The normalized spacial score (nSPS) is 19.9. The van der Waals surface area contributed by atoms with Crippen LogP contribution in [0.4, 0.5) is 0 Å². The number of benzene rings is 1. The number of carbonyl (C=O) groups excluding carboxylic acids is 1. The number of likely N-dealkylation sites (tertiary alicyclic amines) is 1. The highest BCUT2D eigenvalue weighted by Crippen LogP contribution is 2.20. The van der Waals surface area contributed by atoms with Gasteiger partial charge in [-0.2, -0.15) is 0 Å². The number of rotatable bonds is 5. The lowest BCUT2D eigenvalue weighted by Crippen LogP contribution is -2.31. The Labute approximate surface area is 127 Å². The van der Waals surface area contributed by atoms with Crippen molar-refractivity contribution in [3.8, 4) is 5.75 Å². The van der Waals surface area contributed by atoms with Gasteiger partial charge in [-0.25, -0.2) is 0 Å². The van der Waals surface area contributed by atoms with Gasteiger partial charge < -0.3 is 14.7 Å². The summed E-state index contributed by atoms with van der Waals surface area (Å²) in [5, 5.41) is 9.53. The van der Waals surface area contributed by atoms with E-state index in [2.05, 4.69) is 15.9 Å². The van der Waals surface area contributed by atoms with Gasteiger partial charge in [0.2, 0.25) is 5.91 Å². The van der Waals surface area contributed by atoms with E-state index in [0.717, 1.165) is 23.2 Å². The topological polar surface area (TPSA) is 49.8 Å². The van der Waals surface area contributed by atoms with Crippen molar-refractivity contribution in [1.82, 2.24) is 4.90 Å². The van der Waals surface area contributed by atoms with Crippen LogP contribution in [-0.4, -0.2) is 41.7 Å². The molecular weight excluding hydrogens is 322 g/mol. The van der Waals surface area contributed by atoms with Gasteiger partial charge in [-0.05, 0) is 37.6 Å². The number of hydrogen-bond acceptors (Lipinski definition) is 3. The van der Waals surface area contributed by atoms with E-state index in [4.69, 9.17) is 4.74 Å². The van der Waals surface area contributed by atoms with Crippen molar-refractivity contribution < 1.29 is 14.6 Å². The second kappa shape index (κ2) is 7.09. The summed E-state index contributed by atoms with van der Waals surface area (Å²) in [4.78, 5) is 13.8. The van der Waals surface area contributed by atoms with E-state index in [1.165, 1.54) is 0 Å². The first-order chi connectivity index (χ1) is 9.56. The number of aliphatic hydroxyl groups excluding tert-OH is 1. The smallest absolute Gasteiger partial charge is 0.226 e. The highest BCUT2D eigenvalue weighted by Gasteiger charge is 2.28. The lowest BCUT2D eigenvalue weighted by atomic mass is 10.0. The molecule has 1 aliphatic rings. The predicted molar refractivity (Wildman–Crippen MR) is 80.6 cm³/mol. The number of halogens is 1. The Balaban J connectivity index is 1.72. The number of ether oxygens (including phenoxy) is 1. The van der Waals surface area contributed by atoms with E-state index < -0.39 is 0 Å². The average Bonchev–Trinajstić information content (AvgIpc) is 2.91. The van der Waals surface area contributed by atoms with Gasteiger partial charge in [0.15, 0.2) is 0 Å². The molecular formula is C15H20BrNO3. The van der Waals surface area contributed by atoms with Crippen LogP contribution in [0.2, 0.25) is 0 Å². The molecule has 0 saturated carbocycles. The Morgan fingerprint density at radius 2 is 2.20 bits per heavy atom. The Hall–Kier alpha value is -1.07. The SMILES string of the molecule is CC(O)C1CCN(C(=O)CCOc2ccc(Br)cc2)C1. The van der Waals surface area contributed by atoms with Crippen molar-refractivity contribution >= 4 is 21.8 Å². The zero-order valence-corrected chi connectivity index (χ0v) is 13.2. The minimum atomic E-state index is -0.341. The Kier molecular flexibility index (Phi) is 5.43. The van der Waals surface area contributed by atoms with Crippen molar-refractivity contribution in [1.29, 1.82) is 0 Å². The molecule has 4 nitrogen and oxygen atoms in total. The molecule has 2 unspecified atom stereocenters. The molecule has 1 fully saturated rings. The minimum absolute atomic E-state index is 0.102. The molecule has 110 valence electrons. The van der Waals surface area contributed by atoms with Gasteiger partial charge in [0.05, 0.1) is 19.1 Å². The molecule has 0 bridgehead atoms. The lowest BCUT2D eigenvalue weighted by Gasteiger charge is -2.17. The molecule has 1 saturated heterocycles. The van der Waals surface area contributed by atoms with Crippen LogP contribution >= 0.6 is 15.9 Å². The third kappa shape index (κ3) is 4.21. The summed E-state index contributed by atoms with van der Waals surface area (Å²) in [5.41, 5.74) is 0. The fourth-order valence-electron chi connectivity index (χ4n) is 2.35. The summed E-state index contributed by atoms with van der Waals surface area (Å²) in [6, 6.07) is 7.55. The average molecular weight is 342 g/mol. The van der Waals surface area contributed by atoms with Crippen molar-refractivity contribution in [3.05, 3.63) is 28.7 Å². The summed E-state index contributed by atoms with van der Waals surface area (Å²) in [7, 11) is 0. The van der Waals surface area contributed by atoms with Gasteiger partial charge in [0.1, 0.15) is 5.75 Å². The summed E-state index contributed by atoms with van der Waals surface area (Å²) in [6.45, 7) is 3.58.